The van der Waals surface area contributed by atoms with Gasteiger partial charge in [-0.3, -0.25) is 19.5 Å². The number of hydrogen-bond acceptors (Lipinski definition) is 7. The van der Waals surface area contributed by atoms with Gasteiger partial charge in [0.25, 0.3) is 0 Å². The van der Waals surface area contributed by atoms with Crippen molar-refractivity contribution in [3.05, 3.63) is 90.8 Å². The maximum absolute atomic E-state index is 12.6. The number of anilines is 2. The fourth-order valence-corrected chi connectivity index (χ4v) is 3.50. The van der Waals surface area contributed by atoms with Crippen LogP contribution in [0.25, 0.3) is 0 Å². The average Bonchev–Trinajstić information content (AvgIpc) is 2.84. The predicted molar refractivity (Wildman–Crippen MR) is 133 cm³/mol. The van der Waals surface area contributed by atoms with E-state index >= 15 is 0 Å². The van der Waals surface area contributed by atoms with E-state index in [4.69, 9.17) is 21.1 Å². The highest BCUT2D eigenvalue weighted by Crippen LogP contribution is 2.35. The molecule has 8 nitrogen and oxygen atoms in total. The molecule has 8 heteroatoms. The number of methoxy groups -OCH3 is 1. The lowest BCUT2D eigenvalue weighted by Gasteiger charge is -2.45. The standard InChI is InChI=1S/C16H15NO3.C10H15N3O/c1-12-11-20-16(9-7-14(18)8-10-16)17(15(12)19)13-5-3-2-4-6-13;1-8(11)7-13(12)9-3-5-10(14-2)6-4-9/h2-10,12H,11H2,1H3;3-7H,11-12H2,1-2H3/b;8-7-. The van der Waals surface area contributed by atoms with Crippen LogP contribution in [-0.2, 0) is 14.3 Å². The van der Waals surface area contributed by atoms with Gasteiger partial charge in [-0.15, -0.1) is 0 Å². The minimum absolute atomic E-state index is 0.00824. The molecule has 4 N–H and O–H groups in total. The molecule has 1 fully saturated rings. The molecular formula is C26H30N4O4. The fourth-order valence-electron chi connectivity index (χ4n) is 3.50. The number of hydrogen-bond donors (Lipinski definition) is 2. The van der Waals surface area contributed by atoms with Gasteiger partial charge in [0.15, 0.2) is 11.5 Å². The summed E-state index contributed by atoms with van der Waals surface area (Å²) >= 11 is 0. The highest BCUT2D eigenvalue weighted by atomic mass is 16.5. The van der Waals surface area contributed by atoms with Gasteiger partial charge in [-0.05, 0) is 67.6 Å². The van der Waals surface area contributed by atoms with Gasteiger partial charge < -0.3 is 15.2 Å². The maximum Gasteiger partial charge on any atom is 0.234 e. The number of nitrogens with two attached hydrogens (primary N) is 2. The van der Waals surface area contributed by atoms with Crippen LogP contribution in [0.2, 0.25) is 0 Å². The third kappa shape index (κ3) is 5.72. The molecule has 0 radical (unpaired) electrons. The quantitative estimate of drug-likeness (QED) is 0.530. The number of ketones is 1. The zero-order chi connectivity index (χ0) is 24.7. The first-order chi connectivity index (χ1) is 16.3. The number of para-hydroxylation sites is 1. The van der Waals surface area contributed by atoms with Gasteiger partial charge in [0.1, 0.15) is 5.75 Å². The van der Waals surface area contributed by atoms with E-state index in [9.17, 15) is 9.59 Å². The van der Waals surface area contributed by atoms with Gasteiger partial charge in [-0.1, -0.05) is 25.1 Å². The summed E-state index contributed by atoms with van der Waals surface area (Å²) in [6, 6.07) is 16.8. The number of nitrogens with zero attached hydrogens (tertiary/aromatic N) is 2. The monoisotopic (exact) mass is 462 g/mol. The molecule has 2 aromatic rings. The molecule has 2 aromatic carbocycles. The van der Waals surface area contributed by atoms with Crippen LogP contribution in [0, 0.1) is 5.92 Å². The molecule has 1 aliphatic carbocycles. The summed E-state index contributed by atoms with van der Waals surface area (Å²) in [6.07, 6.45) is 7.83. The van der Waals surface area contributed by atoms with Gasteiger partial charge in [-0.25, -0.2) is 5.84 Å². The minimum atomic E-state index is -0.987. The first kappa shape index (κ1) is 24.8. The molecule has 2 aliphatic rings. The van der Waals surface area contributed by atoms with Crippen molar-refractivity contribution < 1.29 is 19.1 Å². The van der Waals surface area contributed by atoms with Crippen molar-refractivity contribution in [1.29, 1.82) is 0 Å². The van der Waals surface area contributed by atoms with Crippen LogP contribution in [0.4, 0.5) is 11.4 Å². The highest BCUT2D eigenvalue weighted by molar-refractivity contribution is 6.03. The molecule has 4 rings (SSSR count). The van der Waals surface area contributed by atoms with Crippen LogP contribution in [-0.4, -0.2) is 31.1 Å². The molecule has 1 atom stereocenters. The SMILES string of the molecule is CC1COC2(C=CC(=O)C=C2)N(c2ccccc2)C1=O.COc1ccc(N(N)/C=C(/C)N)cc1. The van der Waals surface area contributed by atoms with Gasteiger partial charge in [-0.2, -0.15) is 0 Å². The van der Waals surface area contributed by atoms with E-state index in [-0.39, 0.29) is 17.6 Å². The Kier molecular flexibility index (Phi) is 7.88. The van der Waals surface area contributed by atoms with Crippen molar-refractivity contribution in [2.75, 3.05) is 23.6 Å². The Hall–Kier alpha value is -3.88. The van der Waals surface area contributed by atoms with Crippen LogP contribution < -0.4 is 26.2 Å². The Morgan fingerprint density at radius 3 is 2.29 bits per heavy atom. The van der Waals surface area contributed by atoms with Crippen molar-refractivity contribution >= 4 is 23.1 Å². The van der Waals surface area contributed by atoms with Gasteiger partial charge >= 0.3 is 0 Å². The normalized spacial score (nSPS) is 19.0. The molecular weight excluding hydrogens is 432 g/mol. The molecule has 1 spiro atoms. The summed E-state index contributed by atoms with van der Waals surface area (Å²) in [4.78, 5) is 25.5. The summed E-state index contributed by atoms with van der Waals surface area (Å²) in [5, 5.41) is 1.47. The molecule has 34 heavy (non-hydrogen) atoms. The summed E-state index contributed by atoms with van der Waals surface area (Å²) in [7, 11) is 1.62. The van der Waals surface area contributed by atoms with E-state index in [1.165, 1.54) is 17.2 Å². The highest BCUT2D eigenvalue weighted by Gasteiger charge is 2.45. The second-order valence-corrected chi connectivity index (χ2v) is 8.02. The van der Waals surface area contributed by atoms with E-state index in [0.29, 0.717) is 12.3 Å². The lowest BCUT2D eigenvalue weighted by molar-refractivity contribution is -0.136. The maximum atomic E-state index is 12.6. The molecule has 1 heterocycles. The number of carbonyl (C=O) groups excluding carboxylic acids is 2. The van der Waals surface area contributed by atoms with E-state index in [1.54, 1.807) is 37.3 Å². The first-order valence-corrected chi connectivity index (χ1v) is 10.8. The molecule has 1 aliphatic heterocycles. The van der Waals surface area contributed by atoms with Crippen molar-refractivity contribution in [1.82, 2.24) is 0 Å². The van der Waals surface area contributed by atoms with Crippen LogP contribution >= 0.6 is 0 Å². The van der Waals surface area contributed by atoms with Crippen molar-refractivity contribution in [3.8, 4) is 5.75 Å². The van der Waals surface area contributed by atoms with E-state index in [0.717, 1.165) is 17.1 Å². The van der Waals surface area contributed by atoms with Crippen molar-refractivity contribution in [3.63, 3.8) is 0 Å². The topological polar surface area (TPSA) is 111 Å². The third-order valence-corrected chi connectivity index (χ3v) is 5.26. The summed E-state index contributed by atoms with van der Waals surface area (Å²) in [5.41, 5.74) is 6.78. The molecule has 1 saturated heterocycles. The van der Waals surface area contributed by atoms with Crippen molar-refractivity contribution in [2.24, 2.45) is 17.5 Å². The largest absolute Gasteiger partial charge is 0.497 e. The Morgan fingerprint density at radius 1 is 1.12 bits per heavy atom. The predicted octanol–water partition coefficient (Wildman–Crippen LogP) is 3.27. The minimum Gasteiger partial charge on any atom is -0.497 e. The number of allylic oxidation sites excluding steroid dienone is 3. The second kappa shape index (κ2) is 10.8. The molecule has 1 unspecified atom stereocenters. The first-order valence-electron chi connectivity index (χ1n) is 10.8. The number of hydrazine groups is 1. The molecule has 1 amide bonds. The number of benzene rings is 2. The van der Waals surface area contributed by atoms with Crippen LogP contribution in [0.3, 0.4) is 0 Å². The molecule has 0 saturated carbocycles. The zero-order valence-electron chi connectivity index (χ0n) is 19.5. The summed E-state index contributed by atoms with van der Waals surface area (Å²) in [6.45, 7) is 3.96. The van der Waals surface area contributed by atoms with E-state index in [1.807, 2.05) is 61.5 Å². The zero-order valence-corrected chi connectivity index (χ0v) is 19.5. The van der Waals surface area contributed by atoms with E-state index in [2.05, 4.69) is 0 Å². The summed E-state index contributed by atoms with van der Waals surface area (Å²) in [5.74, 6) is 6.21. The molecule has 178 valence electrons. The van der Waals surface area contributed by atoms with Crippen molar-refractivity contribution in [2.45, 2.75) is 19.6 Å². The number of amides is 1. The Bertz CT molecular complexity index is 1070. The lowest BCUT2D eigenvalue weighted by Crippen LogP contribution is -2.59. The summed E-state index contributed by atoms with van der Waals surface area (Å²) < 4.78 is 10.9. The Labute approximate surface area is 199 Å². The molecule has 0 bridgehead atoms. The average molecular weight is 463 g/mol. The van der Waals surface area contributed by atoms with Crippen LogP contribution in [0.5, 0.6) is 5.75 Å². The lowest BCUT2D eigenvalue weighted by atomic mass is 9.97. The number of carbonyl (C=O) groups is 2. The smallest absolute Gasteiger partial charge is 0.234 e. The number of rotatable bonds is 4. The third-order valence-electron chi connectivity index (χ3n) is 5.26. The van der Waals surface area contributed by atoms with Gasteiger partial charge in [0.05, 0.1) is 25.3 Å². The van der Waals surface area contributed by atoms with Gasteiger partial charge in [0, 0.05) is 17.6 Å². The Morgan fingerprint density at radius 2 is 1.74 bits per heavy atom. The van der Waals surface area contributed by atoms with Crippen LogP contribution in [0.15, 0.2) is 90.8 Å². The fraction of sp³-hybridized carbons (Fsp3) is 0.231. The molecule has 0 aromatic heterocycles. The van der Waals surface area contributed by atoms with E-state index < -0.39 is 5.72 Å². The number of ether oxygens (including phenoxy) is 2. The Balaban J connectivity index is 0.000000204. The van der Waals surface area contributed by atoms with Gasteiger partial charge in [0.2, 0.25) is 5.91 Å². The van der Waals surface area contributed by atoms with Crippen LogP contribution in [0.1, 0.15) is 13.8 Å². The second-order valence-electron chi connectivity index (χ2n) is 8.02.